The predicted octanol–water partition coefficient (Wildman–Crippen LogP) is 4.70. The summed E-state index contributed by atoms with van der Waals surface area (Å²) in [4.78, 5) is 16.3. The fraction of sp³-hybridized carbons (Fsp3) is 0.100. The van der Waals surface area contributed by atoms with E-state index in [0.29, 0.717) is 21.7 Å². The molecule has 0 unspecified atom stereocenters. The van der Waals surface area contributed by atoms with Crippen molar-refractivity contribution in [2.45, 2.75) is 11.6 Å². The largest absolute Gasteiger partial charge is 0.301 e. The highest BCUT2D eigenvalue weighted by Crippen LogP contribution is 2.25. The van der Waals surface area contributed by atoms with Crippen LogP contribution in [0.4, 0.5) is 5.13 Å². The van der Waals surface area contributed by atoms with E-state index < -0.39 is 0 Å². The van der Waals surface area contributed by atoms with Crippen LogP contribution in [-0.2, 0) is 11.2 Å². The first-order valence-corrected chi connectivity index (χ1v) is 11.0. The molecule has 0 saturated carbocycles. The lowest BCUT2D eigenvalue weighted by atomic mass is 10.1. The molecule has 9 heteroatoms. The van der Waals surface area contributed by atoms with Gasteiger partial charge in [-0.05, 0) is 29.8 Å². The zero-order chi connectivity index (χ0) is 20.1. The van der Waals surface area contributed by atoms with Crippen molar-refractivity contribution in [1.82, 2.24) is 19.7 Å². The number of halogens is 1. The number of nitrogens with zero attached hydrogens (tertiary/aromatic N) is 4. The summed E-state index contributed by atoms with van der Waals surface area (Å²) < 4.78 is 1.96. The quantitative estimate of drug-likeness (QED) is 0.421. The summed E-state index contributed by atoms with van der Waals surface area (Å²) in [7, 11) is 0. The Morgan fingerprint density at radius 1 is 1.10 bits per heavy atom. The maximum Gasteiger partial charge on any atom is 0.236 e. The minimum Gasteiger partial charge on any atom is -0.301 e. The summed E-state index contributed by atoms with van der Waals surface area (Å²) in [5.74, 6) is 0.859. The summed E-state index contributed by atoms with van der Waals surface area (Å²) in [5, 5.41) is 15.2. The van der Waals surface area contributed by atoms with E-state index in [-0.39, 0.29) is 11.7 Å². The number of thioether (sulfide) groups is 1. The molecule has 0 aliphatic carbocycles. The number of rotatable bonds is 7. The van der Waals surface area contributed by atoms with Gasteiger partial charge in [0.05, 0.1) is 5.75 Å². The Morgan fingerprint density at radius 3 is 2.62 bits per heavy atom. The monoisotopic (exact) mass is 441 g/mol. The maximum atomic E-state index is 12.2. The van der Waals surface area contributed by atoms with Gasteiger partial charge in [0.15, 0.2) is 10.3 Å². The van der Waals surface area contributed by atoms with Gasteiger partial charge < -0.3 is 5.32 Å². The second-order valence-electron chi connectivity index (χ2n) is 6.05. The summed E-state index contributed by atoms with van der Waals surface area (Å²) >= 11 is 8.76. The molecule has 2 aromatic heterocycles. The fourth-order valence-electron chi connectivity index (χ4n) is 2.71. The zero-order valence-electron chi connectivity index (χ0n) is 15.2. The molecule has 146 valence electrons. The van der Waals surface area contributed by atoms with Gasteiger partial charge in [0, 0.05) is 28.7 Å². The van der Waals surface area contributed by atoms with Crippen LogP contribution >= 0.6 is 34.7 Å². The van der Waals surface area contributed by atoms with Crippen LogP contribution in [0.1, 0.15) is 11.4 Å². The van der Waals surface area contributed by atoms with Crippen LogP contribution in [0.15, 0.2) is 71.3 Å². The molecule has 4 aromatic rings. The minimum absolute atomic E-state index is 0.139. The smallest absolute Gasteiger partial charge is 0.236 e. The third kappa shape index (κ3) is 5.03. The first-order chi connectivity index (χ1) is 14.2. The number of anilines is 1. The predicted molar refractivity (Wildman–Crippen MR) is 117 cm³/mol. The van der Waals surface area contributed by atoms with Crippen molar-refractivity contribution in [3.63, 3.8) is 0 Å². The van der Waals surface area contributed by atoms with Gasteiger partial charge in [-0.15, -0.1) is 21.5 Å². The summed E-state index contributed by atoms with van der Waals surface area (Å²) in [5.41, 5.74) is 2.03. The molecule has 0 saturated heterocycles. The van der Waals surface area contributed by atoms with Gasteiger partial charge in [-0.25, -0.2) is 4.98 Å². The second-order valence-corrected chi connectivity index (χ2v) is 8.32. The normalized spacial score (nSPS) is 10.8. The number of carbonyl (C=O) groups excluding carboxylic acids is 1. The Kier molecular flexibility index (Phi) is 6.24. The van der Waals surface area contributed by atoms with Crippen LogP contribution in [0.2, 0.25) is 5.02 Å². The molecule has 0 atom stereocenters. The van der Waals surface area contributed by atoms with E-state index in [1.165, 1.54) is 23.1 Å². The Bertz CT molecular complexity index is 1080. The Balaban J connectivity index is 1.57. The van der Waals surface area contributed by atoms with Crippen molar-refractivity contribution < 1.29 is 4.79 Å². The third-order valence-electron chi connectivity index (χ3n) is 4.00. The van der Waals surface area contributed by atoms with Gasteiger partial charge in [0.25, 0.3) is 0 Å². The minimum atomic E-state index is -0.139. The fourth-order valence-corrected chi connectivity index (χ4v) is 4.15. The molecular weight excluding hydrogens is 426 g/mol. The SMILES string of the molecule is O=C(CSc1nnc(Cc2ccccc2)n1-c1ccc(Cl)cc1)Nc1nccs1. The van der Waals surface area contributed by atoms with Crippen LogP contribution in [0.5, 0.6) is 0 Å². The number of amides is 1. The highest BCUT2D eigenvalue weighted by molar-refractivity contribution is 7.99. The zero-order valence-corrected chi connectivity index (χ0v) is 17.5. The van der Waals surface area contributed by atoms with Gasteiger partial charge in [-0.3, -0.25) is 9.36 Å². The lowest BCUT2D eigenvalue weighted by Crippen LogP contribution is -2.14. The summed E-state index contributed by atoms with van der Waals surface area (Å²) in [6.07, 6.45) is 2.28. The van der Waals surface area contributed by atoms with E-state index >= 15 is 0 Å². The van der Waals surface area contributed by atoms with Crippen molar-refractivity contribution in [2.24, 2.45) is 0 Å². The van der Waals surface area contributed by atoms with Crippen LogP contribution in [0.3, 0.4) is 0 Å². The Labute approximate surface area is 181 Å². The molecule has 1 N–H and O–H groups in total. The van der Waals surface area contributed by atoms with Crippen molar-refractivity contribution in [2.75, 3.05) is 11.1 Å². The van der Waals surface area contributed by atoms with Gasteiger partial charge >= 0.3 is 0 Å². The topological polar surface area (TPSA) is 72.7 Å². The molecule has 0 aliphatic rings. The maximum absolute atomic E-state index is 12.2. The first-order valence-electron chi connectivity index (χ1n) is 8.75. The van der Waals surface area contributed by atoms with E-state index in [1.807, 2.05) is 52.4 Å². The van der Waals surface area contributed by atoms with E-state index in [2.05, 4.69) is 32.6 Å². The van der Waals surface area contributed by atoms with Crippen molar-refractivity contribution >= 4 is 45.7 Å². The van der Waals surface area contributed by atoms with Crippen LogP contribution in [0.25, 0.3) is 5.69 Å². The molecule has 0 bridgehead atoms. The molecule has 2 aromatic carbocycles. The van der Waals surface area contributed by atoms with Crippen LogP contribution in [-0.4, -0.2) is 31.4 Å². The molecule has 6 nitrogen and oxygen atoms in total. The number of benzene rings is 2. The summed E-state index contributed by atoms with van der Waals surface area (Å²) in [6.45, 7) is 0. The molecular formula is C20H16ClN5OS2. The molecule has 0 spiro atoms. The highest BCUT2D eigenvalue weighted by Gasteiger charge is 2.16. The van der Waals surface area contributed by atoms with Crippen molar-refractivity contribution in [3.05, 3.63) is 82.6 Å². The van der Waals surface area contributed by atoms with Crippen LogP contribution < -0.4 is 5.32 Å². The van der Waals surface area contributed by atoms with Gasteiger partial charge in [-0.1, -0.05) is 53.7 Å². The molecule has 0 radical (unpaired) electrons. The average Bonchev–Trinajstić information content (AvgIpc) is 3.38. The lowest BCUT2D eigenvalue weighted by molar-refractivity contribution is -0.113. The lowest BCUT2D eigenvalue weighted by Gasteiger charge is -2.10. The highest BCUT2D eigenvalue weighted by atomic mass is 35.5. The van der Waals surface area contributed by atoms with E-state index in [0.717, 1.165) is 17.1 Å². The average molecular weight is 442 g/mol. The molecule has 29 heavy (non-hydrogen) atoms. The third-order valence-corrected chi connectivity index (χ3v) is 5.87. The molecule has 4 rings (SSSR count). The number of nitrogens with one attached hydrogen (secondary N) is 1. The van der Waals surface area contributed by atoms with E-state index in [1.54, 1.807) is 6.20 Å². The number of carbonyl (C=O) groups is 1. The van der Waals surface area contributed by atoms with Crippen molar-refractivity contribution in [3.8, 4) is 5.69 Å². The molecule has 1 amide bonds. The van der Waals surface area contributed by atoms with Crippen LogP contribution in [0, 0.1) is 0 Å². The van der Waals surface area contributed by atoms with E-state index in [4.69, 9.17) is 11.6 Å². The standard InChI is InChI=1S/C20H16ClN5OS2/c21-15-6-8-16(9-7-15)26-17(12-14-4-2-1-3-5-14)24-25-20(26)29-13-18(27)23-19-22-10-11-28-19/h1-11H,12-13H2,(H,22,23,27). The number of thiazole rings is 1. The molecule has 2 heterocycles. The van der Waals surface area contributed by atoms with Gasteiger partial charge in [0.1, 0.15) is 5.82 Å². The number of hydrogen-bond donors (Lipinski definition) is 1. The Hall–Kier alpha value is -2.68. The van der Waals surface area contributed by atoms with Crippen molar-refractivity contribution in [1.29, 1.82) is 0 Å². The second kappa shape index (κ2) is 9.21. The number of aromatic nitrogens is 4. The first kappa shape index (κ1) is 19.6. The molecule has 0 fully saturated rings. The molecule has 0 aliphatic heterocycles. The Morgan fingerprint density at radius 2 is 1.90 bits per heavy atom. The number of hydrogen-bond acceptors (Lipinski definition) is 6. The van der Waals surface area contributed by atoms with Gasteiger partial charge in [0.2, 0.25) is 5.91 Å². The van der Waals surface area contributed by atoms with Gasteiger partial charge in [-0.2, -0.15) is 0 Å². The van der Waals surface area contributed by atoms with E-state index in [9.17, 15) is 4.79 Å². The summed E-state index contributed by atoms with van der Waals surface area (Å²) in [6, 6.07) is 17.6.